The second-order valence-electron chi connectivity index (χ2n) is 4.53. The van der Waals surface area contributed by atoms with E-state index in [0.29, 0.717) is 6.54 Å². The van der Waals surface area contributed by atoms with Gasteiger partial charge in [0.15, 0.2) is 0 Å². The first-order valence-electron chi connectivity index (χ1n) is 5.08. The van der Waals surface area contributed by atoms with E-state index in [1.165, 1.54) is 6.07 Å². The van der Waals surface area contributed by atoms with Gasteiger partial charge in [0.1, 0.15) is 0 Å². The minimum Gasteiger partial charge on any atom is -0.379 e. The van der Waals surface area contributed by atoms with E-state index in [1.54, 1.807) is 6.07 Å². The van der Waals surface area contributed by atoms with Crippen LogP contribution in [0.15, 0.2) is 18.2 Å². The second kappa shape index (κ2) is 4.49. The van der Waals surface area contributed by atoms with Crippen LogP contribution in [0.1, 0.15) is 19.4 Å². The van der Waals surface area contributed by atoms with E-state index in [1.807, 2.05) is 26.8 Å². The Bertz CT molecular complexity index is 402. The summed E-state index contributed by atoms with van der Waals surface area (Å²) in [6.45, 7) is 6.17. The molecule has 0 aliphatic rings. The average molecular weight is 223 g/mol. The van der Waals surface area contributed by atoms with Gasteiger partial charge in [0.05, 0.1) is 4.92 Å². The molecule has 0 fully saturated rings. The van der Waals surface area contributed by atoms with Gasteiger partial charge in [-0.25, -0.2) is 0 Å². The summed E-state index contributed by atoms with van der Waals surface area (Å²) in [4.78, 5) is 10.3. The summed E-state index contributed by atoms with van der Waals surface area (Å²) in [6, 6.07) is 4.93. The third-order valence-corrected chi connectivity index (χ3v) is 2.27. The Morgan fingerprint density at radius 2 is 2.06 bits per heavy atom. The van der Waals surface area contributed by atoms with Crippen LogP contribution in [0.4, 0.5) is 11.4 Å². The number of non-ortho nitro benzene ring substituents is 1. The minimum absolute atomic E-state index is 0.0929. The lowest BCUT2D eigenvalue weighted by molar-refractivity contribution is -0.384. The maximum atomic E-state index is 10.7. The van der Waals surface area contributed by atoms with Gasteiger partial charge < -0.3 is 11.1 Å². The molecule has 5 nitrogen and oxygen atoms in total. The smallest absolute Gasteiger partial charge is 0.271 e. The van der Waals surface area contributed by atoms with Crippen molar-refractivity contribution >= 4 is 11.4 Å². The quantitative estimate of drug-likeness (QED) is 0.604. The number of anilines is 1. The van der Waals surface area contributed by atoms with E-state index in [4.69, 9.17) is 5.73 Å². The number of benzene rings is 1. The first kappa shape index (κ1) is 12.4. The highest BCUT2D eigenvalue weighted by Crippen LogP contribution is 2.22. The molecule has 1 aromatic rings. The fourth-order valence-electron chi connectivity index (χ4n) is 1.38. The summed E-state index contributed by atoms with van der Waals surface area (Å²) < 4.78 is 0. The van der Waals surface area contributed by atoms with Gasteiger partial charge in [0.25, 0.3) is 5.69 Å². The number of nitro groups is 1. The number of nitro benzene ring substituents is 1. The molecule has 88 valence electrons. The molecule has 1 aromatic carbocycles. The topological polar surface area (TPSA) is 81.2 Å². The zero-order valence-electron chi connectivity index (χ0n) is 9.78. The van der Waals surface area contributed by atoms with E-state index >= 15 is 0 Å². The number of rotatable bonds is 4. The first-order valence-corrected chi connectivity index (χ1v) is 5.08. The van der Waals surface area contributed by atoms with Crippen molar-refractivity contribution in [1.82, 2.24) is 0 Å². The molecule has 0 aliphatic heterocycles. The molecule has 0 saturated carbocycles. The number of nitrogens with one attached hydrogen (secondary N) is 1. The fraction of sp³-hybridized carbons (Fsp3) is 0.455. The third-order valence-electron chi connectivity index (χ3n) is 2.27. The van der Waals surface area contributed by atoms with Gasteiger partial charge in [-0.3, -0.25) is 10.1 Å². The van der Waals surface area contributed by atoms with Crippen LogP contribution < -0.4 is 11.1 Å². The van der Waals surface area contributed by atoms with Crippen molar-refractivity contribution in [2.24, 2.45) is 5.73 Å². The molecule has 0 aromatic heterocycles. The van der Waals surface area contributed by atoms with E-state index in [9.17, 15) is 10.1 Å². The molecule has 0 spiro atoms. The van der Waals surface area contributed by atoms with Gasteiger partial charge in [0.2, 0.25) is 0 Å². The lowest BCUT2D eigenvalue weighted by Crippen LogP contribution is -2.39. The number of nitrogens with zero attached hydrogens (tertiary/aromatic N) is 1. The maximum Gasteiger partial charge on any atom is 0.271 e. The predicted octanol–water partition coefficient (Wildman–Crippen LogP) is 2.05. The normalized spacial score (nSPS) is 11.2. The van der Waals surface area contributed by atoms with Crippen molar-refractivity contribution in [2.45, 2.75) is 26.3 Å². The van der Waals surface area contributed by atoms with Crippen molar-refractivity contribution in [3.8, 4) is 0 Å². The van der Waals surface area contributed by atoms with Crippen molar-refractivity contribution in [1.29, 1.82) is 0 Å². The minimum atomic E-state index is -0.395. The van der Waals surface area contributed by atoms with E-state index in [-0.39, 0.29) is 11.2 Å². The van der Waals surface area contributed by atoms with Gasteiger partial charge in [-0.1, -0.05) is 0 Å². The van der Waals surface area contributed by atoms with Crippen LogP contribution >= 0.6 is 0 Å². The van der Waals surface area contributed by atoms with Crippen LogP contribution in [0, 0.1) is 17.0 Å². The molecule has 0 aliphatic carbocycles. The summed E-state index contributed by atoms with van der Waals surface area (Å²) >= 11 is 0. The van der Waals surface area contributed by atoms with Crippen molar-refractivity contribution in [3.05, 3.63) is 33.9 Å². The molecule has 1 rings (SSSR count). The molecule has 0 radical (unpaired) electrons. The Morgan fingerprint density at radius 3 is 2.56 bits per heavy atom. The van der Waals surface area contributed by atoms with Gasteiger partial charge in [-0.2, -0.15) is 0 Å². The van der Waals surface area contributed by atoms with Crippen molar-refractivity contribution in [3.63, 3.8) is 0 Å². The molecule has 16 heavy (non-hydrogen) atoms. The van der Waals surface area contributed by atoms with Gasteiger partial charge in [0, 0.05) is 29.9 Å². The van der Waals surface area contributed by atoms with Crippen LogP contribution in [0.3, 0.4) is 0 Å². The SMILES string of the molecule is Cc1cc(NC(C)(C)CN)cc([N+](=O)[O-])c1. The Hall–Kier alpha value is -1.62. The first-order chi connectivity index (χ1) is 7.34. The largest absolute Gasteiger partial charge is 0.379 e. The number of hydrogen-bond acceptors (Lipinski definition) is 4. The monoisotopic (exact) mass is 223 g/mol. The molecular weight excluding hydrogens is 206 g/mol. The molecule has 0 heterocycles. The highest BCUT2D eigenvalue weighted by atomic mass is 16.6. The Morgan fingerprint density at radius 1 is 1.44 bits per heavy atom. The lowest BCUT2D eigenvalue weighted by atomic mass is 10.1. The Balaban J connectivity index is 3.01. The van der Waals surface area contributed by atoms with Crippen LogP contribution in [0.5, 0.6) is 0 Å². The van der Waals surface area contributed by atoms with Crippen molar-refractivity contribution in [2.75, 3.05) is 11.9 Å². The summed E-state index contributed by atoms with van der Waals surface area (Å²) in [6.07, 6.45) is 0. The summed E-state index contributed by atoms with van der Waals surface area (Å²) in [5, 5.41) is 13.9. The fourth-order valence-corrected chi connectivity index (χ4v) is 1.38. The molecule has 0 bridgehead atoms. The molecule has 5 heteroatoms. The molecule has 0 unspecified atom stereocenters. The van der Waals surface area contributed by atoms with Gasteiger partial charge in [-0.15, -0.1) is 0 Å². The number of aryl methyl sites for hydroxylation is 1. The van der Waals surface area contributed by atoms with Gasteiger partial charge in [-0.05, 0) is 32.4 Å². The number of nitrogens with two attached hydrogens (primary N) is 1. The standard InChI is InChI=1S/C11H17N3O2/c1-8-4-9(13-11(2,3)7-12)6-10(5-8)14(15)16/h4-6,13H,7,12H2,1-3H3. The van der Waals surface area contributed by atoms with E-state index < -0.39 is 4.92 Å². The van der Waals surface area contributed by atoms with Crippen LogP contribution in [0.25, 0.3) is 0 Å². The highest BCUT2D eigenvalue weighted by molar-refractivity contribution is 5.55. The van der Waals surface area contributed by atoms with Crippen LogP contribution in [0.2, 0.25) is 0 Å². The summed E-state index contributed by atoms with van der Waals surface area (Å²) in [5.41, 5.74) is 6.99. The van der Waals surface area contributed by atoms with Crippen LogP contribution in [-0.4, -0.2) is 17.0 Å². The zero-order chi connectivity index (χ0) is 12.3. The Kier molecular flexibility index (Phi) is 3.49. The lowest BCUT2D eigenvalue weighted by Gasteiger charge is -2.25. The Labute approximate surface area is 94.8 Å². The molecular formula is C11H17N3O2. The maximum absolute atomic E-state index is 10.7. The molecule has 0 atom stereocenters. The van der Waals surface area contributed by atoms with Crippen LogP contribution in [-0.2, 0) is 0 Å². The average Bonchev–Trinajstić information content (AvgIpc) is 2.16. The number of hydrogen-bond donors (Lipinski definition) is 2. The van der Waals surface area contributed by atoms with Crippen molar-refractivity contribution < 1.29 is 4.92 Å². The van der Waals surface area contributed by atoms with E-state index in [2.05, 4.69) is 5.32 Å². The highest BCUT2D eigenvalue weighted by Gasteiger charge is 2.16. The predicted molar refractivity (Wildman–Crippen MR) is 64.6 cm³/mol. The molecule has 0 amide bonds. The summed E-state index contributed by atoms with van der Waals surface area (Å²) in [7, 11) is 0. The molecule has 0 saturated heterocycles. The van der Waals surface area contributed by atoms with Gasteiger partial charge >= 0.3 is 0 Å². The summed E-state index contributed by atoms with van der Waals surface area (Å²) in [5.74, 6) is 0. The van der Waals surface area contributed by atoms with E-state index in [0.717, 1.165) is 11.3 Å². The molecule has 3 N–H and O–H groups in total. The second-order valence-corrected chi connectivity index (χ2v) is 4.53. The zero-order valence-corrected chi connectivity index (χ0v) is 9.78. The third kappa shape index (κ3) is 3.20.